The minimum absolute atomic E-state index is 0.140. The second-order valence-corrected chi connectivity index (χ2v) is 3.04. The molecule has 4 heteroatoms. The lowest BCUT2D eigenvalue weighted by Crippen LogP contribution is -1.95. The first-order valence-electron chi connectivity index (χ1n) is 4.59. The van der Waals surface area contributed by atoms with Gasteiger partial charge in [0.1, 0.15) is 11.6 Å². The Kier molecular flexibility index (Phi) is 2.49. The van der Waals surface area contributed by atoms with Crippen LogP contribution in [0.15, 0.2) is 24.4 Å². The number of benzene rings is 1. The van der Waals surface area contributed by atoms with Crippen molar-refractivity contribution in [2.45, 2.75) is 6.92 Å². The highest BCUT2D eigenvalue weighted by atomic mass is 19.1. The predicted octanol–water partition coefficient (Wildman–Crippen LogP) is 2.91. The molecule has 0 N–H and O–H groups in total. The van der Waals surface area contributed by atoms with Gasteiger partial charge in [0.05, 0.1) is 12.8 Å². The van der Waals surface area contributed by atoms with E-state index < -0.39 is 11.8 Å². The van der Waals surface area contributed by atoms with Crippen molar-refractivity contribution in [3.05, 3.63) is 36.2 Å². The van der Waals surface area contributed by atoms with E-state index in [1.807, 2.05) is 6.92 Å². The molecule has 0 atom stereocenters. The fourth-order valence-electron chi connectivity index (χ4n) is 1.43. The molecule has 0 aliphatic rings. The van der Waals surface area contributed by atoms with E-state index in [1.165, 1.54) is 18.3 Å². The Bertz CT molecular complexity index is 499. The van der Waals surface area contributed by atoms with Crippen LogP contribution in [0.3, 0.4) is 0 Å². The number of fused-ring (bicyclic) bond motifs is 1. The van der Waals surface area contributed by atoms with Crippen LogP contribution in [0.1, 0.15) is 6.92 Å². The first kappa shape index (κ1) is 9.83. The van der Waals surface area contributed by atoms with Crippen LogP contribution in [-0.2, 0) is 0 Å². The van der Waals surface area contributed by atoms with Crippen LogP contribution < -0.4 is 4.74 Å². The highest BCUT2D eigenvalue weighted by Gasteiger charge is 2.08. The summed E-state index contributed by atoms with van der Waals surface area (Å²) in [5.74, 6) is -0.710. The Morgan fingerprint density at radius 2 is 2.07 bits per heavy atom. The van der Waals surface area contributed by atoms with E-state index >= 15 is 0 Å². The average Bonchev–Trinajstić information content (AvgIpc) is 2.23. The summed E-state index contributed by atoms with van der Waals surface area (Å²) in [6.07, 6.45) is 1.30. The SMILES string of the molecule is CCOc1cnc(F)c2cc(F)ccc12. The Labute approximate surface area is 85.5 Å². The zero-order valence-electron chi connectivity index (χ0n) is 8.13. The van der Waals surface area contributed by atoms with Crippen LogP contribution in [0.4, 0.5) is 8.78 Å². The summed E-state index contributed by atoms with van der Waals surface area (Å²) in [6.45, 7) is 2.28. The Morgan fingerprint density at radius 3 is 2.80 bits per heavy atom. The number of aromatic nitrogens is 1. The van der Waals surface area contributed by atoms with Crippen molar-refractivity contribution < 1.29 is 13.5 Å². The maximum atomic E-state index is 13.3. The van der Waals surface area contributed by atoms with Gasteiger partial charge in [-0.05, 0) is 25.1 Å². The van der Waals surface area contributed by atoms with Crippen LogP contribution in [0, 0.1) is 11.8 Å². The topological polar surface area (TPSA) is 22.1 Å². The monoisotopic (exact) mass is 209 g/mol. The molecule has 2 aromatic rings. The summed E-state index contributed by atoms with van der Waals surface area (Å²) in [5.41, 5.74) is 0. The largest absolute Gasteiger partial charge is 0.492 e. The third-order valence-electron chi connectivity index (χ3n) is 2.06. The van der Waals surface area contributed by atoms with E-state index in [9.17, 15) is 8.78 Å². The van der Waals surface area contributed by atoms with Gasteiger partial charge in [0, 0.05) is 10.8 Å². The Balaban J connectivity index is 2.71. The van der Waals surface area contributed by atoms with E-state index in [1.54, 1.807) is 0 Å². The molecule has 0 radical (unpaired) electrons. The molecule has 0 amide bonds. The molecule has 0 unspecified atom stereocenters. The molecule has 0 saturated carbocycles. The molecule has 15 heavy (non-hydrogen) atoms. The first-order valence-corrected chi connectivity index (χ1v) is 4.59. The van der Waals surface area contributed by atoms with Gasteiger partial charge in [-0.2, -0.15) is 4.39 Å². The molecule has 0 saturated heterocycles. The van der Waals surface area contributed by atoms with Crippen molar-refractivity contribution in [1.82, 2.24) is 4.98 Å². The standard InChI is InChI=1S/C11H9F2NO/c1-2-15-10-6-14-11(13)9-5-7(12)3-4-8(9)10/h3-6H,2H2,1H3. The van der Waals surface area contributed by atoms with Gasteiger partial charge >= 0.3 is 0 Å². The van der Waals surface area contributed by atoms with Gasteiger partial charge in [0.2, 0.25) is 5.95 Å². The molecule has 2 rings (SSSR count). The van der Waals surface area contributed by atoms with Crippen molar-refractivity contribution in [2.24, 2.45) is 0 Å². The average molecular weight is 209 g/mol. The van der Waals surface area contributed by atoms with Gasteiger partial charge in [-0.1, -0.05) is 0 Å². The van der Waals surface area contributed by atoms with Crippen LogP contribution >= 0.6 is 0 Å². The number of hydrogen-bond acceptors (Lipinski definition) is 2. The van der Waals surface area contributed by atoms with Crippen molar-refractivity contribution >= 4 is 10.8 Å². The zero-order chi connectivity index (χ0) is 10.8. The maximum absolute atomic E-state index is 13.3. The number of hydrogen-bond donors (Lipinski definition) is 0. The van der Waals surface area contributed by atoms with E-state index in [-0.39, 0.29) is 5.39 Å². The molecular formula is C11H9F2NO. The number of pyridine rings is 1. The molecule has 78 valence electrons. The van der Waals surface area contributed by atoms with Gasteiger partial charge in [0.25, 0.3) is 0 Å². The summed E-state index contributed by atoms with van der Waals surface area (Å²) in [7, 11) is 0. The number of rotatable bonds is 2. The number of ether oxygens (including phenoxy) is 1. The molecule has 2 nitrogen and oxygen atoms in total. The van der Waals surface area contributed by atoms with Crippen molar-refractivity contribution in [1.29, 1.82) is 0 Å². The second-order valence-electron chi connectivity index (χ2n) is 3.04. The molecular weight excluding hydrogens is 200 g/mol. The van der Waals surface area contributed by atoms with Crippen LogP contribution in [0.2, 0.25) is 0 Å². The van der Waals surface area contributed by atoms with Gasteiger partial charge < -0.3 is 4.74 Å². The molecule has 0 aliphatic carbocycles. The maximum Gasteiger partial charge on any atom is 0.221 e. The molecule has 1 aromatic carbocycles. The normalized spacial score (nSPS) is 10.6. The van der Waals surface area contributed by atoms with Gasteiger partial charge in [-0.25, -0.2) is 9.37 Å². The van der Waals surface area contributed by atoms with Gasteiger partial charge in [-0.3, -0.25) is 0 Å². The fraction of sp³-hybridized carbons (Fsp3) is 0.182. The zero-order valence-corrected chi connectivity index (χ0v) is 8.13. The fourth-order valence-corrected chi connectivity index (χ4v) is 1.43. The molecule has 1 heterocycles. The van der Waals surface area contributed by atoms with Crippen molar-refractivity contribution in [3.8, 4) is 5.75 Å². The highest BCUT2D eigenvalue weighted by Crippen LogP contribution is 2.26. The summed E-state index contributed by atoms with van der Waals surface area (Å²) < 4.78 is 31.4. The van der Waals surface area contributed by atoms with E-state index in [0.717, 1.165) is 6.07 Å². The van der Waals surface area contributed by atoms with E-state index in [0.29, 0.717) is 17.7 Å². The Morgan fingerprint density at radius 1 is 1.27 bits per heavy atom. The van der Waals surface area contributed by atoms with Crippen LogP contribution in [0.5, 0.6) is 5.75 Å². The lowest BCUT2D eigenvalue weighted by Gasteiger charge is -2.06. The summed E-state index contributed by atoms with van der Waals surface area (Å²) in [4.78, 5) is 3.51. The van der Waals surface area contributed by atoms with Crippen molar-refractivity contribution in [3.63, 3.8) is 0 Å². The lowest BCUT2D eigenvalue weighted by molar-refractivity contribution is 0.342. The smallest absolute Gasteiger partial charge is 0.221 e. The summed E-state index contributed by atoms with van der Waals surface area (Å²) in [6, 6.07) is 3.87. The molecule has 1 aromatic heterocycles. The predicted molar refractivity (Wildman–Crippen MR) is 52.8 cm³/mol. The highest BCUT2D eigenvalue weighted by molar-refractivity contribution is 5.87. The van der Waals surface area contributed by atoms with E-state index in [2.05, 4.69) is 4.98 Å². The van der Waals surface area contributed by atoms with Gasteiger partial charge in [-0.15, -0.1) is 0 Å². The quantitative estimate of drug-likeness (QED) is 0.709. The molecule has 0 bridgehead atoms. The van der Waals surface area contributed by atoms with Crippen molar-refractivity contribution in [2.75, 3.05) is 6.61 Å². The number of halogens is 2. The Hall–Kier alpha value is -1.71. The molecule has 0 spiro atoms. The third-order valence-corrected chi connectivity index (χ3v) is 2.06. The number of nitrogens with zero attached hydrogens (tertiary/aromatic N) is 1. The minimum atomic E-state index is -0.687. The van der Waals surface area contributed by atoms with E-state index in [4.69, 9.17) is 4.74 Å². The van der Waals surface area contributed by atoms with Gasteiger partial charge in [0.15, 0.2) is 0 Å². The minimum Gasteiger partial charge on any atom is -0.492 e. The summed E-state index contributed by atoms with van der Waals surface area (Å²) >= 11 is 0. The first-order chi connectivity index (χ1) is 7.22. The lowest BCUT2D eigenvalue weighted by atomic mass is 10.1. The third kappa shape index (κ3) is 1.75. The van der Waals surface area contributed by atoms with Crippen LogP contribution in [-0.4, -0.2) is 11.6 Å². The van der Waals surface area contributed by atoms with Crippen LogP contribution in [0.25, 0.3) is 10.8 Å². The molecule has 0 fully saturated rings. The second kappa shape index (κ2) is 3.81. The molecule has 0 aliphatic heterocycles. The summed E-state index contributed by atoms with van der Waals surface area (Å²) in [5, 5.41) is 0.673.